The van der Waals surface area contributed by atoms with Crippen molar-refractivity contribution in [2.24, 2.45) is 11.5 Å². The molecule has 0 aliphatic carbocycles. The van der Waals surface area contributed by atoms with Gasteiger partial charge in [0.15, 0.2) is 5.11 Å². The molecule has 0 spiro atoms. The zero-order valence-corrected chi connectivity index (χ0v) is 7.01. The van der Waals surface area contributed by atoms with E-state index in [-0.39, 0.29) is 23.3 Å². The maximum Gasteiger partial charge on any atom is 0.160 e. The quantitative estimate of drug-likeness (QED) is 0.510. The van der Waals surface area contributed by atoms with Crippen LogP contribution in [0.25, 0.3) is 0 Å². The molecule has 0 bridgehead atoms. The molecule has 0 saturated heterocycles. The summed E-state index contributed by atoms with van der Waals surface area (Å²) in [4.78, 5) is 9.44. The molecule has 3 nitrogen and oxygen atoms in total. The lowest BCUT2D eigenvalue weighted by Gasteiger charge is -1.68. The summed E-state index contributed by atoms with van der Waals surface area (Å²) >= 11 is 4.09. The van der Waals surface area contributed by atoms with Crippen LogP contribution in [0, 0.1) is 0 Å². The number of Topliss-reactive ketones (excluding diaryl/α,β-unsaturated/α-hetero) is 1. The molecule has 0 amide bonds. The third-order valence-corrected chi connectivity index (χ3v) is 0. The third kappa shape index (κ3) is 1990. The monoisotopic (exact) mass is 170 g/mol. The molecule has 0 saturated carbocycles. The minimum Gasteiger partial charge on any atom is -0.377 e. The number of thiocarbonyl (C=S) groups is 1. The van der Waals surface area contributed by atoms with Crippen LogP contribution in [0.15, 0.2) is 0 Å². The van der Waals surface area contributed by atoms with E-state index in [2.05, 4.69) is 23.7 Å². The minimum atomic E-state index is 0. The van der Waals surface area contributed by atoms with Crippen LogP contribution in [0.5, 0.6) is 0 Å². The van der Waals surface area contributed by atoms with Crippen molar-refractivity contribution in [2.45, 2.75) is 13.8 Å². The number of nitrogens with two attached hydrogens (primary N) is 2. The van der Waals surface area contributed by atoms with Crippen LogP contribution in [0.3, 0.4) is 0 Å². The molecule has 0 heterocycles. The fraction of sp³-hybridized carbons (Fsp3) is 0.500. The van der Waals surface area contributed by atoms with Gasteiger partial charge >= 0.3 is 0 Å². The second-order valence-corrected chi connectivity index (χ2v) is 1.78. The Morgan fingerprint density at radius 1 is 1.33 bits per heavy atom. The fourth-order valence-corrected chi connectivity index (χ4v) is 0. The van der Waals surface area contributed by atoms with Crippen LogP contribution in [-0.2, 0) is 4.79 Å². The van der Waals surface area contributed by atoms with E-state index in [1.165, 1.54) is 13.8 Å². The van der Waals surface area contributed by atoms with E-state index in [9.17, 15) is 4.79 Å². The lowest BCUT2D eigenvalue weighted by Crippen LogP contribution is -2.18. The van der Waals surface area contributed by atoms with Crippen molar-refractivity contribution in [1.82, 2.24) is 0 Å². The van der Waals surface area contributed by atoms with Crippen LogP contribution >= 0.6 is 24.6 Å². The predicted molar refractivity (Wildman–Crippen MR) is 44.6 cm³/mol. The highest BCUT2D eigenvalue weighted by atomic mass is 35.5. The first kappa shape index (κ1) is 15.9. The van der Waals surface area contributed by atoms with Gasteiger partial charge in [-0.1, -0.05) is 0 Å². The molecule has 0 radical (unpaired) electrons. The average Bonchev–Trinajstić information content (AvgIpc) is 1.25. The first-order valence-electron chi connectivity index (χ1n) is 1.99. The van der Waals surface area contributed by atoms with E-state index in [0.29, 0.717) is 0 Å². The lowest BCUT2D eigenvalue weighted by atomic mass is 10.6. The molecular formula is C4H11ClN2OS. The van der Waals surface area contributed by atoms with Gasteiger partial charge in [0.1, 0.15) is 5.78 Å². The molecule has 9 heavy (non-hydrogen) atoms. The van der Waals surface area contributed by atoms with Gasteiger partial charge in [-0.3, -0.25) is 0 Å². The van der Waals surface area contributed by atoms with E-state index in [4.69, 9.17) is 0 Å². The molecule has 0 fully saturated rings. The molecule has 0 aromatic carbocycles. The molecule has 0 aromatic heterocycles. The Balaban J connectivity index is -0.0000000720. The number of carbonyl (C=O) groups excluding carboxylic acids is 1. The number of rotatable bonds is 0. The number of hydrogen-bond donors (Lipinski definition) is 2. The minimum absolute atomic E-state index is 0. The molecule has 0 aliphatic rings. The number of halogens is 1. The Labute approximate surface area is 66.2 Å². The highest BCUT2D eigenvalue weighted by molar-refractivity contribution is 7.80. The summed E-state index contributed by atoms with van der Waals surface area (Å²) in [5.41, 5.74) is 9.24. The number of ketones is 1. The van der Waals surface area contributed by atoms with Gasteiger partial charge in [-0.25, -0.2) is 0 Å². The molecule has 0 unspecified atom stereocenters. The molecule has 0 atom stereocenters. The van der Waals surface area contributed by atoms with Gasteiger partial charge in [-0.05, 0) is 26.1 Å². The molecule has 56 valence electrons. The van der Waals surface area contributed by atoms with Gasteiger partial charge in [-0.2, -0.15) is 0 Å². The highest BCUT2D eigenvalue weighted by Crippen LogP contribution is 1.50. The second kappa shape index (κ2) is 10.6. The smallest absolute Gasteiger partial charge is 0.160 e. The zero-order valence-electron chi connectivity index (χ0n) is 5.38. The van der Waals surface area contributed by atoms with Crippen LogP contribution in [0.2, 0.25) is 0 Å². The van der Waals surface area contributed by atoms with Crippen molar-refractivity contribution in [3.05, 3.63) is 0 Å². The summed E-state index contributed by atoms with van der Waals surface area (Å²) in [6.45, 7) is 3.06. The van der Waals surface area contributed by atoms with Crippen LogP contribution in [0.1, 0.15) is 13.8 Å². The number of hydrogen-bond acceptors (Lipinski definition) is 2. The van der Waals surface area contributed by atoms with Crippen LogP contribution in [-0.4, -0.2) is 10.9 Å². The van der Waals surface area contributed by atoms with Crippen molar-refractivity contribution in [2.75, 3.05) is 0 Å². The first-order chi connectivity index (χ1) is 3.46. The summed E-state index contributed by atoms with van der Waals surface area (Å²) in [6.07, 6.45) is 0. The second-order valence-electron chi connectivity index (χ2n) is 1.31. The fourth-order valence-electron chi connectivity index (χ4n) is 0. The zero-order chi connectivity index (χ0) is 7.15. The van der Waals surface area contributed by atoms with E-state index in [1.54, 1.807) is 0 Å². The van der Waals surface area contributed by atoms with Gasteiger partial charge < -0.3 is 16.3 Å². The third-order valence-electron chi connectivity index (χ3n) is 0. The average molecular weight is 171 g/mol. The first-order valence-corrected chi connectivity index (χ1v) is 2.39. The highest BCUT2D eigenvalue weighted by Gasteiger charge is 1.62. The van der Waals surface area contributed by atoms with Gasteiger partial charge in [0.25, 0.3) is 0 Å². The van der Waals surface area contributed by atoms with E-state index >= 15 is 0 Å². The van der Waals surface area contributed by atoms with Crippen molar-refractivity contribution >= 4 is 35.5 Å². The Kier molecular flexibility index (Phi) is 18.7. The normalized spacial score (nSPS) is 5.56. The lowest BCUT2D eigenvalue weighted by molar-refractivity contribution is -0.114. The van der Waals surface area contributed by atoms with Crippen LogP contribution in [0.4, 0.5) is 0 Å². The maximum atomic E-state index is 9.44. The van der Waals surface area contributed by atoms with Crippen molar-refractivity contribution < 1.29 is 4.79 Å². The molecule has 4 N–H and O–H groups in total. The Morgan fingerprint density at radius 2 is 1.33 bits per heavy atom. The van der Waals surface area contributed by atoms with Crippen molar-refractivity contribution in [3.8, 4) is 0 Å². The molecule has 5 heteroatoms. The van der Waals surface area contributed by atoms with Gasteiger partial charge in [0, 0.05) is 0 Å². The van der Waals surface area contributed by atoms with E-state index in [1.807, 2.05) is 0 Å². The summed E-state index contributed by atoms with van der Waals surface area (Å²) in [5, 5.41) is 0.000000000000000222. The summed E-state index contributed by atoms with van der Waals surface area (Å²) in [5.74, 6) is 0.167. The van der Waals surface area contributed by atoms with Gasteiger partial charge in [0.2, 0.25) is 0 Å². The van der Waals surface area contributed by atoms with E-state index in [0.717, 1.165) is 0 Å². The topological polar surface area (TPSA) is 69.1 Å². The predicted octanol–water partition coefficient (Wildman–Crippen LogP) is 0.206. The molecule has 0 rings (SSSR count). The van der Waals surface area contributed by atoms with Gasteiger partial charge in [0.05, 0.1) is 0 Å². The SMILES string of the molecule is CC(C)=O.Cl.NC(N)=S. The Bertz CT molecular complexity index is 76.6. The summed E-state index contributed by atoms with van der Waals surface area (Å²) in [6, 6.07) is 0. The molecule has 0 aliphatic heterocycles. The largest absolute Gasteiger partial charge is 0.377 e. The van der Waals surface area contributed by atoms with E-state index < -0.39 is 0 Å². The molecule has 0 aromatic rings. The van der Waals surface area contributed by atoms with Gasteiger partial charge in [-0.15, -0.1) is 12.4 Å². The number of carbonyl (C=O) groups is 1. The molecular weight excluding hydrogens is 160 g/mol. The Morgan fingerprint density at radius 3 is 1.33 bits per heavy atom. The Hall–Kier alpha value is -0.350. The standard InChI is InChI=1S/C3H6O.CH4N2S.ClH/c1-3(2)4;2-1(3)4;/h1-2H3;(H4,2,3,4);1H. The summed E-state index contributed by atoms with van der Waals surface area (Å²) in [7, 11) is 0. The van der Waals surface area contributed by atoms with Crippen molar-refractivity contribution in [1.29, 1.82) is 0 Å². The maximum absolute atomic E-state index is 9.44. The summed E-state index contributed by atoms with van der Waals surface area (Å²) < 4.78 is 0. The van der Waals surface area contributed by atoms with Crippen LogP contribution < -0.4 is 11.5 Å². The van der Waals surface area contributed by atoms with Crippen molar-refractivity contribution in [3.63, 3.8) is 0 Å².